The number of alkyl halides is 3. The molecule has 2 N–H and O–H groups in total. The van der Waals surface area contributed by atoms with Crippen LogP contribution in [-0.2, 0) is 17.9 Å². The van der Waals surface area contributed by atoms with E-state index in [1.54, 1.807) is 12.1 Å². The summed E-state index contributed by atoms with van der Waals surface area (Å²) in [7, 11) is 0. The number of halogens is 3. The Morgan fingerprint density at radius 2 is 1.79 bits per heavy atom. The second-order valence-corrected chi connectivity index (χ2v) is 7.61. The van der Waals surface area contributed by atoms with Crippen LogP contribution in [0.5, 0.6) is 0 Å². The Morgan fingerprint density at radius 3 is 2.41 bits per heavy atom. The number of nitrogens with zero attached hydrogens (tertiary/aromatic N) is 2. The number of aliphatic imine (C=N–C) groups is 1. The lowest BCUT2D eigenvalue weighted by Gasteiger charge is -2.21. The zero-order chi connectivity index (χ0) is 21.1. The first-order valence-corrected chi connectivity index (χ1v) is 10.3. The van der Waals surface area contributed by atoms with Gasteiger partial charge < -0.3 is 20.3 Å². The highest BCUT2D eigenvalue weighted by molar-refractivity contribution is 5.79. The van der Waals surface area contributed by atoms with Crippen LogP contribution in [0.1, 0.15) is 37.8 Å². The molecule has 1 aliphatic rings. The molecular formula is C21H33F3N4O. The van der Waals surface area contributed by atoms with E-state index < -0.39 is 12.8 Å². The number of rotatable bonds is 10. The van der Waals surface area contributed by atoms with Crippen LogP contribution < -0.4 is 10.6 Å². The predicted molar refractivity (Wildman–Crippen MR) is 110 cm³/mol. The summed E-state index contributed by atoms with van der Waals surface area (Å²) in [6.07, 6.45) is -1.69. The summed E-state index contributed by atoms with van der Waals surface area (Å²) in [5, 5.41) is 6.66. The van der Waals surface area contributed by atoms with Crippen LogP contribution in [0.4, 0.5) is 13.2 Å². The summed E-state index contributed by atoms with van der Waals surface area (Å²) >= 11 is 0. The lowest BCUT2D eigenvalue weighted by Crippen LogP contribution is -2.41. The maximum Gasteiger partial charge on any atom is 0.411 e. The standard InChI is InChI=1S/C21H33F3N4O/c1-3-25-20(26-12-17(2)14-28-10-4-5-11-28)27-13-18-6-8-19(9-7-18)15-29-16-21(22,23)24/h6-9,17H,3-5,10-16H2,1-2H3,(H2,25,26,27). The first-order chi connectivity index (χ1) is 13.9. The highest BCUT2D eigenvalue weighted by Gasteiger charge is 2.27. The van der Waals surface area contributed by atoms with Crippen LogP contribution in [0.25, 0.3) is 0 Å². The van der Waals surface area contributed by atoms with E-state index in [1.165, 1.54) is 25.9 Å². The van der Waals surface area contributed by atoms with E-state index in [9.17, 15) is 13.2 Å². The van der Waals surface area contributed by atoms with Gasteiger partial charge in [0.2, 0.25) is 0 Å². The van der Waals surface area contributed by atoms with Gasteiger partial charge in [-0.2, -0.15) is 13.2 Å². The van der Waals surface area contributed by atoms with Gasteiger partial charge >= 0.3 is 6.18 Å². The largest absolute Gasteiger partial charge is 0.411 e. The number of hydrogen-bond acceptors (Lipinski definition) is 3. The highest BCUT2D eigenvalue weighted by atomic mass is 19.4. The molecule has 2 rings (SSSR count). The molecule has 164 valence electrons. The zero-order valence-electron chi connectivity index (χ0n) is 17.4. The average molecular weight is 415 g/mol. The molecule has 1 aromatic carbocycles. The molecule has 0 spiro atoms. The van der Waals surface area contributed by atoms with E-state index in [-0.39, 0.29) is 6.61 Å². The molecular weight excluding hydrogens is 381 g/mol. The molecule has 1 atom stereocenters. The van der Waals surface area contributed by atoms with Gasteiger partial charge in [-0.05, 0) is 49.9 Å². The normalized spacial score (nSPS) is 16.8. The third kappa shape index (κ3) is 9.99. The zero-order valence-corrected chi connectivity index (χ0v) is 17.4. The molecule has 8 heteroatoms. The van der Waals surface area contributed by atoms with Gasteiger partial charge in [-0.15, -0.1) is 0 Å². The minimum Gasteiger partial charge on any atom is -0.367 e. The van der Waals surface area contributed by atoms with Crippen LogP contribution >= 0.6 is 0 Å². The number of benzene rings is 1. The number of nitrogens with one attached hydrogen (secondary N) is 2. The van der Waals surface area contributed by atoms with Gasteiger partial charge in [-0.25, -0.2) is 4.99 Å². The molecule has 0 bridgehead atoms. The number of guanidine groups is 1. The van der Waals surface area contributed by atoms with Crippen molar-refractivity contribution in [2.75, 3.05) is 39.3 Å². The lowest BCUT2D eigenvalue weighted by molar-refractivity contribution is -0.176. The molecule has 0 saturated carbocycles. The third-order valence-electron chi connectivity index (χ3n) is 4.71. The number of likely N-dealkylation sites (tertiary alicyclic amines) is 1. The molecule has 5 nitrogen and oxygen atoms in total. The van der Waals surface area contributed by atoms with Crippen LogP contribution in [0.3, 0.4) is 0 Å². The molecule has 0 radical (unpaired) electrons. The first-order valence-electron chi connectivity index (χ1n) is 10.3. The smallest absolute Gasteiger partial charge is 0.367 e. The van der Waals surface area contributed by atoms with Gasteiger partial charge in [0.1, 0.15) is 6.61 Å². The fourth-order valence-corrected chi connectivity index (χ4v) is 3.28. The Morgan fingerprint density at radius 1 is 1.14 bits per heavy atom. The Bertz CT molecular complexity index is 613. The summed E-state index contributed by atoms with van der Waals surface area (Å²) in [5.41, 5.74) is 1.70. The molecule has 0 aromatic heterocycles. The highest BCUT2D eigenvalue weighted by Crippen LogP contribution is 2.16. The van der Waals surface area contributed by atoms with Gasteiger partial charge in [0, 0.05) is 19.6 Å². The van der Waals surface area contributed by atoms with Gasteiger partial charge in [0.25, 0.3) is 0 Å². The summed E-state index contributed by atoms with van der Waals surface area (Å²) < 4.78 is 41.0. The van der Waals surface area contributed by atoms with Gasteiger partial charge in [-0.3, -0.25) is 0 Å². The number of ether oxygens (including phenoxy) is 1. The van der Waals surface area contributed by atoms with Crippen LogP contribution in [0, 0.1) is 5.92 Å². The van der Waals surface area contributed by atoms with Crippen molar-refractivity contribution in [3.8, 4) is 0 Å². The topological polar surface area (TPSA) is 48.9 Å². The minimum atomic E-state index is -4.30. The Hall–Kier alpha value is -1.80. The van der Waals surface area contributed by atoms with Gasteiger partial charge in [0.05, 0.1) is 13.2 Å². The van der Waals surface area contributed by atoms with Crippen molar-refractivity contribution < 1.29 is 17.9 Å². The maximum absolute atomic E-state index is 12.1. The number of hydrogen-bond donors (Lipinski definition) is 2. The van der Waals surface area contributed by atoms with Crippen molar-refractivity contribution in [1.82, 2.24) is 15.5 Å². The van der Waals surface area contributed by atoms with Crippen LogP contribution in [0.15, 0.2) is 29.3 Å². The van der Waals surface area contributed by atoms with Gasteiger partial charge in [0.15, 0.2) is 5.96 Å². The molecule has 1 unspecified atom stereocenters. The molecule has 1 heterocycles. The molecule has 1 aliphatic heterocycles. The Balaban J connectivity index is 1.77. The van der Waals surface area contributed by atoms with E-state index >= 15 is 0 Å². The fourth-order valence-electron chi connectivity index (χ4n) is 3.28. The molecule has 1 fully saturated rings. The van der Waals surface area contributed by atoms with Crippen molar-refractivity contribution >= 4 is 5.96 Å². The monoisotopic (exact) mass is 414 g/mol. The van der Waals surface area contributed by atoms with Crippen molar-refractivity contribution in [3.63, 3.8) is 0 Å². The molecule has 29 heavy (non-hydrogen) atoms. The summed E-state index contributed by atoms with van der Waals surface area (Å²) in [4.78, 5) is 7.12. The van der Waals surface area contributed by atoms with Crippen molar-refractivity contribution in [1.29, 1.82) is 0 Å². The van der Waals surface area contributed by atoms with Crippen molar-refractivity contribution in [3.05, 3.63) is 35.4 Å². The quantitative estimate of drug-likeness (QED) is 0.454. The Kier molecular flexibility index (Phi) is 9.73. The minimum absolute atomic E-state index is 0.0534. The molecule has 1 saturated heterocycles. The van der Waals surface area contributed by atoms with E-state index in [0.717, 1.165) is 31.2 Å². The van der Waals surface area contributed by atoms with E-state index in [2.05, 4.69) is 32.2 Å². The second kappa shape index (κ2) is 12.0. The van der Waals surface area contributed by atoms with E-state index in [4.69, 9.17) is 0 Å². The summed E-state index contributed by atoms with van der Waals surface area (Å²) in [5.74, 6) is 1.31. The molecule has 1 aromatic rings. The summed E-state index contributed by atoms with van der Waals surface area (Å²) in [6.45, 7) is 8.64. The lowest BCUT2D eigenvalue weighted by atomic mass is 10.1. The summed E-state index contributed by atoms with van der Waals surface area (Å²) in [6, 6.07) is 7.30. The molecule has 0 amide bonds. The van der Waals surface area contributed by atoms with Crippen molar-refractivity contribution in [2.24, 2.45) is 10.9 Å². The second-order valence-electron chi connectivity index (χ2n) is 7.61. The fraction of sp³-hybridized carbons (Fsp3) is 0.667. The SMILES string of the molecule is CCNC(=NCc1ccc(COCC(F)(F)F)cc1)NCC(C)CN1CCCC1. The van der Waals surface area contributed by atoms with Gasteiger partial charge in [-0.1, -0.05) is 31.2 Å². The van der Waals surface area contributed by atoms with E-state index in [1.807, 2.05) is 19.1 Å². The van der Waals surface area contributed by atoms with Crippen LogP contribution in [-0.4, -0.2) is 56.4 Å². The first kappa shape index (κ1) is 23.5. The third-order valence-corrected chi connectivity index (χ3v) is 4.71. The van der Waals surface area contributed by atoms with Crippen molar-refractivity contribution in [2.45, 2.75) is 46.0 Å². The Labute approximate surface area is 171 Å². The average Bonchev–Trinajstić information content (AvgIpc) is 3.17. The predicted octanol–water partition coefficient (Wildman–Crippen LogP) is 3.55. The molecule has 0 aliphatic carbocycles. The van der Waals surface area contributed by atoms with E-state index in [0.29, 0.717) is 18.0 Å². The maximum atomic E-state index is 12.1. The van der Waals surface area contributed by atoms with Crippen LogP contribution in [0.2, 0.25) is 0 Å².